The standard InChI is InChI=1S/C18H16BrNO2S2/c1-21-16-11-6-3-4-7-12(11)17(22-2)15(19)14(16)13(10-20)18-23-8-5-9-24-18/h3-4,6-7H,5,8-9H2,1-2H3. The molecule has 0 aromatic heterocycles. The van der Waals surface area contributed by atoms with Crippen LogP contribution in [0.3, 0.4) is 0 Å². The highest BCUT2D eigenvalue weighted by Crippen LogP contribution is 2.50. The number of hydrogen-bond acceptors (Lipinski definition) is 5. The first-order chi connectivity index (χ1) is 11.7. The summed E-state index contributed by atoms with van der Waals surface area (Å²) in [6, 6.07) is 10.3. The van der Waals surface area contributed by atoms with E-state index in [-0.39, 0.29) is 0 Å². The van der Waals surface area contributed by atoms with Crippen LogP contribution < -0.4 is 9.47 Å². The van der Waals surface area contributed by atoms with E-state index in [2.05, 4.69) is 22.0 Å². The molecule has 0 atom stereocenters. The summed E-state index contributed by atoms with van der Waals surface area (Å²) in [5, 5.41) is 11.8. The van der Waals surface area contributed by atoms with E-state index in [1.807, 2.05) is 24.3 Å². The number of hydrogen-bond donors (Lipinski definition) is 0. The molecule has 0 aliphatic carbocycles. The molecule has 1 saturated heterocycles. The molecule has 0 amide bonds. The van der Waals surface area contributed by atoms with E-state index in [1.54, 1.807) is 37.7 Å². The number of fused-ring (bicyclic) bond motifs is 1. The van der Waals surface area contributed by atoms with Gasteiger partial charge in [0.15, 0.2) is 0 Å². The van der Waals surface area contributed by atoms with Crippen molar-refractivity contribution in [2.45, 2.75) is 6.42 Å². The highest BCUT2D eigenvalue weighted by molar-refractivity contribution is 9.10. The van der Waals surface area contributed by atoms with E-state index in [9.17, 15) is 5.26 Å². The number of nitrogens with zero attached hydrogens (tertiary/aromatic N) is 1. The number of halogens is 1. The minimum Gasteiger partial charge on any atom is -0.495 e. The first-order valence-electron chi connectivity index (χ1n) is 7.45. The maximum Gasteiger partial charge on any atom is 0.141 e. The Labute approximate surface area is 158 Å². The van der Waals surface area contributed by atoms with Crippen LogP contribution in [0.4, 0.5) is 0 Å². The molecule has 24 heavy (non-hydrogen) atoms. The highest BCUT2D eigenvalue weighted by Gasteiger charge is 2.25. The summed E-state index contributed by atoms with van der Waals surface area (Å²) >= 11 is 7.13. The molecule has 0 saturated carbocycles. The number of allylic oxidation sites excluding steroid dienone is 1. The van der Waals surface area contributed by atoms with Crippen molar-refractivity contribution in [3.63, 3.8) is 0 Å². The van der Waals surface area contributed by atoms with Gasteiger partial charge >= 0.3 is 0 Å². The van der Waals surface area contributed by atoms with E-state index in [0.717, 1.165) is 48.7 Å². The second kappa shape index (κ2) is 7.73. The van der Waals surface area contributed by atoms with Crippen molar-refractivity contribution >= 4 is 55.8 Å². The number of nitriles is 1. The number of methoxy groups -OCH3 is 2. The second-order valence-corrected chi connectivity index (χ2v) is 8.39. The quantitative estimate of drug-likeness (QED) is 0.596. The zero-order valence-corrected chi connectivity index (χ0v) is 16.6. The van der Waals surface area contributed by atoms with Gasteiger partial charge in [0.25, 0.3) is 0 Å². The summed E-state index contributed by atoms with van der Waals surface area (Å²) in [6.45, 7) is 0. The SMILES string of the molecule is COc1c(Br)c(C(C#N)=C2SCCCS2)c(OC)c2ccccc12. The zero-order valence-electron chi connectivity index (χ0n) is 13.4. The van der Waals surface area contributed by atoms with Crippen LogP contribution in [0.5, 0.6) is 11.5 Å². The predicted octanol–water partition coefficient (Wildman–Crippen LogP) is 5.68. The Balaban J connectivity index is 2.38. The van der Waals surface area contributed by atoms with Gasteiger partial charge in [0, 0.05) is 10.8 Å². The molecule has 0 spiro atoms. The van der Waals surface area contributed by atoms with E-state index in [1.165, 1.54) is 0 Å². The van der Waals surface area contributed by atoms with Gasteiger partial charge in [-0.05, 0) is 33.9 Å². The van der Waals surface area contributed by atoms with Gasteiger partial charge in [-0.2, -0.15) is 5.26 Å². The summed E-state index contributed by atoms with van der Waals surface area (Å²) in [6.07, 6.45) is 1.16. The van der Waals surface area contributed by atoms with Gasteiger partial charge in [-0.1, -0.05) is 24.3 Å². The van der Waals surface area contributed by atoms with Gasteiger partial charge in [0.05, 0.1) is 34.1 Å². The molecule has 3 nitrogen and oxygen atoms in total. The molecule has 6 heteroatoms. The van der Waals surface area contributed by atoms with Crippen LogP contribution in [0.15, 0.2) is 33.0 Å². The largest absolute Gasteiger partial charge is 0.495 e. The summed E-state index contributed by atoms with van der Waals surface area (Å²) in [4.78, 5) is 0. The average Bonchev–Trinajstić information content (AvgIpc) is 2.63. The minimum absolute atomic E-state index is 0.650. The maximum atomic E-state index is 9.86. The van der Waals surface area contributed by atoms with Crippen LogP contribution >= 0.6 is 39.5 Å². The van der Waals surface area contributed by atoms with Crippen LogP contribution in [-0.2, 0) is 0 Å². The topological polar surface area (TPSA) is 42.2 Å². The molecule has 1 aliphatic rings. The summed E-state index contributed by atoms with van der Waals surface area (Å²) in [5.41, 5.74) is 1.42. The van der Waals surface area contributed by atoms with E-state index >= 15 is 0 Å². The van der Waals surface area contributed by atoms with Crippen LogP contribution in [0.1, 0.15) is 12.0 Å². The third-order valence-corrected chi connectivity index (χ3v) is 7.17. The average molecular weight is 422 g/mol. The molecule has 2 aromatic carbocycles. The van der Waals surface area contributed by atoms with Gasteiger partial charge in [0.1, 0.15) is 17.6 Å². The number of rotatable bonds is 3. The molecule has 1 heterocycles. The third-order valence-electron chi connectivity index (χ3n) is 3.79. The lowest BCUT2D eigenvalue weighted by molar-refractivity contribution is 0.407. The lowest BCUT2D eigenvalue weighted by atomic mass is 10.00. The molecule has 0 N–H and O–H groups in total. The fourth-order valence-electron chi connectivity index (χ4n) is 2.76. The molecular weight excluding hydrogens is 406 g/mol. The van der Waals surface area contributed by atoms with Crippen LogP contribution in [0.2, 0.25) is 0 Å². The fraction of sp³-hybridized carbons (Fsp3) is 0.278. The molecule has 3 rings (SSSR count). The van der Waals surface area contributed by atoms with Gasteiger partial charge in [-0.25, -0.2) is 0 Å². The first-order valence-corrected chi connectivity index (χ1v) is 10.2. The highest BCUT2D eigenvalue weighted by atomic mass is 79.9. The lowest BCUT2D eigenvalue weighted by Crippen LogP contribution is -2.00. The minimum atomic E-state index is 0.650. The molecule has 0 radical (unpaired) electrons. The Kier molecular flexibility index (Phi) is 5.65. The molecule has 124 valence electrons. The first kappa shape index (κ1) is 17.5. The van der Waals surface area contributed by atoms with Crippen molar-refractivity contribution in [3.05, 3.63) is 38.5 Å². The lowest BCUT2D eigenvalue weighted by Gasteiger charge is -2.20. The van der Waals surface area contributed by atoms with E-state index in [0.29, 0.717) is 11.3 Å². The molecular formula is C18H16BrNO2S2. The number of ether oxygens (including phenoxy) is 2. The van der Waals surface area contributed by atoms with E-state index < -0.39 is 0 Å². The van der Waals surface area contributed by atoms with Crippen molar-refractivity contribution in [2.24, 2.45) is 0 Å². The summed E-state index contributed by atoms with van der Waals surface area (Å²) in [7, 11) is 3.29. The van der Waals surface area contributed by atoms with Gasteiger partial charge in [0.2, 0.25) is 0 Å². The molecule has 2 aromatic rings. The number of benzene rings is 2. The van der Waals surface area contributed by atoms with Crippen molar-refractivity contribution in [1.82, 2.24) is 0 Å². The zero-order chi connectivity index (χ0) is 17.1. The maximum absolute atomic E-state index is 9.86. The normalized spacial score (nSPS) is 14.3. The Morgan fingerprint density at radius 1 is 1.08 bits per heavy atom. The third kappa shape index (κ3) is 3.01. The Bertz CT molecular complexity index is 850. The fourth-order valence-corrected chi connectivity index (χ4v) is 6.06. The Morgan fingerprint density at radius 2 is 1.67 bits per heavy atom. The van der Waals surface area contributed by atoms with Gasteiger partial charge in [-0.15, -0.1) is 23.5 Å². The number of thioether (sulfide) groups is 2. The molecule has 0 unspecified atom stereocenters. The molecule has 0 bridgehead atoms. The van der Waals surface area contributed by atoms with Crippen LogP contribution in [0.25, 0.3) is 16.3 Å². The van der Waals surface area contributed by atoms with Crippen molar-refractivity contribution in [1.29, 1.82) is 5.26 Å². The Hall–Kier alpha value is -1.29. The van der Waals surface area contributed by atoms with Gasteiger partial charge in [-0.3, -0.25) is 0 Å². The van der Waals surface area contributed by atoms with Crippen molar-refractivity contribution in [3.8, 4) is 17.6 Å². The van der Waals surface area contributed by atoms with Crippen molar-refractivity contribution < 1.29 is 9.47 Å². The van der Waals surface area contributed by atoms with Crippen molar-refractivity contribution in [2.75, 3.05) is 25.7 Å². The predicted molar refractivity (Wildman–Crippen MR) is 107 cm³/mol. The second-order valence-electron chi connectivity index (χ2n) is 5.13. The molecule has 1 fully saturated rings. The van der Waals surface area contributed by atoms with Crippen LogP contribution in [0, 0.1) is 11.3 Å². The Morgan fingerprint density at radius 3 is 2.21 bits per heavy atom. The van der Waals surface area contributed by atoms with Crippen LogP contribution in [-0.4, -0.2) is 25.7 Å². The molecule has 1 aliphatic heterocycles. The monoisotopic (exact) mass is 421 g/mol. The summed E-state index contributed by atoms with van der Waals surface area (Å²) < 4.78 is 13.2. The van der Waals surface area contributed by atoms with Gasteiger partial charge < -0.3 is 9.47 Å². The smallest absolute Gasteiger partial charge is 0.141 e. The van der Waals surface area contributed by atoms with E-state index in [4.69, 9.17) is 9.47 Å². The summed E-state index contributed by atoms with van der Waals surface area (Å²) in [5.74, 6) is 3.51.